The SMILES string of the molecule is OB(O)c1ccc(F)cc1OCC1CCCCC1. The Kier molecular flexibility index (Phi) is 4.61. The number of benzene rings is 1. The summed E-state index contributed by atoms with van der Waals surface area (Å²) < 4.78 is 18.7. The van der Waals surface area contributed by atoms with Gasteiger partial charge in [-0.3, -0.25) is 0 Å². The Hall–Kier alpha value is -1.07. The van der Waals surface area contributed by atoms with Gasteiger partial charge in [0.1, 0.15) is 11.6 Å². The van der Waals surface area contributed by atoms with Gasteiger partial charge in [-0.25, -0.2) is 4.39 Å². The van der Waals surface area contributed by atoms with Crippen molar-refractivity contribution in [1.29, 1.82) is 0 Å². The smallest absolute Gasteiger partial charge is 0.492 e. The zero-order chi connectivity index (χ0) is 13.0. The lowest BCUT2D eigenvalue weighted by atomic mass is 9.79. The van der Waals surface area contributed by atoms with Crippen molar-refractivity contribution in [2.75, 3.05) is 6.61 Å². The van der Waals surface area contributed by atoms with Crippen LogP contribution >= 0.6 is 0 Å². The summed E-state index contributed by atoms with van der Waals surface area (Å²) in [6, 6.07) is 3.75. The Morgan fingerprint density at radius 2 is 1.94 bits per heavy atom. The van der Waals surface area contributed by atoms with Crippen LogP contribution in [0.5, 0.6) is 5.75 Å². The largest absolute Gasteiger partial charge is 0.494 e. The first kappa shape index (κ1) is 13.4. The van der Waals surface area contributed by atoms with Gasteiger partial charge in [0.15, 0.2) is 0 Å². The first-order valence-electron chi connectivity index (χ1n) is 6.45. The average Bonchev–Trinajstić information content (AvgIpc) is 2.37. The van der Waals surface area contributed by atoms with Crippen LogP contribution in [0.15, 0.2) is 18.2 Å². The second kappa shape index (κ2) is 6.20. The van der Waals surface area contributed by atoms with Gasteiger partial charge in [-0.1, -0.05) is 25.3 Å². The van der Waals surface area contributed by atoms with Crippen molar-refractivity contribution in [3.05, 3.63) is 24.0 Å². The molecule has 0 unspecified atom stereocenters. The predicted molar refractivity (Wildman–Crippen MR) is 68.3 cm³/mol. The van der Waals surface area contributed by atoms with Crippen LogP contribution in [0.1, 0.15) is 32.1 Å². The highest BCUT2D eigenvalue weighted by Gasteiger charge is 2.20. The fraction of sp³-hybridized carbons (Fsp3) is 0.538. The van der Waals surface area contributed by atoms with Crippen molar-refractivity contribution in [2.24, 2.45) is 5.92 Å². The summed E-state index contributed by atoms with van der Waals surface area (Å²) in [6.45, 7) is 0.517. The van der Waals surface area contributed by atoms with Crippen molar-refractivity contribution in [2.45, 2.75) is 32.1 Å². The quantitative estimate of drug-likeness (QED) is 0.797. The molecule has 0 amide bonds. The normalized spacial score (nSPS) is 16.6. The second-order valence-corrected chi connectivity index (χ2v) is 4.87. The van der Waals surface area contributed by atoms with Crippen molar-refractivity contribution in [3.63, 3.8) is 0 Å². The van der Waals surface area contributed by atoms with E-state index in [-0.39, 0.29) is 11.2 Å². The third-order valence-electron chi connectivity index (χ3n) is 3.45. The van der Waals surface area contributed by atoms with Crippen LogP contribution in [-0.4, -0.2) is 23.8 Å². The molecule has 1 aliphatic rings. The summed E-state index contributed by atoms with van der Waals surface area (Å²) in [6.07, 6.45) is 5.97. The molecule has 3 nitrogen and oxygen atoms in total. The number of halogens is 1. The molecule has 2 rings (SSSR count). The molecule has 0 bridgehead atoms. The van der Waals surface area contributed by atoms with Gasteiger partial charge in [-0.2, -0.15) is 0 Å². The summed E-state index contributed by atoms with van der Waals surface area (Å²) in [4.78, 5) is 0. The molecule has 0 aromatic heterocycles. The standard InChI is InChI=1S/C13H18BFO3/c15-11-6-7-12(14(16)17)13(8-11)18-9-10-4-2-1-3-5-10/h6-8,10,16-17H,1-5,9H2. The van der Waals surface area contributed by atoms with E-state index in [1.807, 2.05) is 0 Å². The van der Waals surface area contributed by atoms with Crippen LogP contribution in [0, 0.1) is 11.7 Å². The molecule has 1 aromatic rings. The number of hydrogen-bond donors (Lipinski definition) is 2. The van der Waals surface area contributed by atoms with Crippen LogP contribution in [0.25, 0.3) is 0 Å². The van der Waals surface area contributed by atoms with Crippen molar-refractivity contribution >= 4 is 12.6 Å². The maximum absolute atomic E-state index is 13.1. The highest BCUT2D eigenvalue weighted by atomic mass is 19.1. The van der Waals surface area contributed by atoms with Crippen LogP contribution in [0.4, 0.5) is 4.39 Å². The molecule has 1 aliphatic carbocycles. The molecule has 98 valence electrons. The van der Waals surface area contributed by atoms with Gasteiger partial charge >= 0.3 is 7.12 Å². The van der Waals surface area contributed by atoms with Crippen molar-refractivity contribution in [3.8, 4) is 5.75 Å². The van der Waals surface area contributed by atoms with E-state index in [1.165, 1.54) is 37.5 Å². The topological polar surface area (TPSA) is 49.7 Å². The van der Waals surface area contributed by atoms with E-state index in [0.29, 0.717) is 12.5 Å². The molecule has 0 spiro atoms. The Balaban J connectivity index is 2.00. The molecular formula is C13H18BFO3. The summed E-state index contributed by atoms with van der Waals surface area (Å²) in [5.41, 5.74) is 0.215. The first-order chi connectivity index (χ1) is 8.66. The summed E-state index contributed by atoms with van der Waals surface area (Å²) in [5, 5.41) is 18.4. The fourth-order valence-electron chi connectivity index (χ4n) is 2.41. The minimum atomic E-state index is -1.63. The second-order valence-electron chi connectivity index (χ2n) is 4.87. The maximum atomic E-state index is 13.1. The molecule has 0 heterocycles. The van der Waals surface area contributed by atoms with E-state index < -0.39 is 12.9 Å². The highest BCUT2D eigenvalue weighted by molar-refractivity contribution is 6.59. The first-order valence-corrected chi connectivity index (χ1v) is 6.45. The lowest BCUT2D eigenvalue weighted by molar-refractivity contribution is 0.209. The predicted octanol–water partition coefficient (Wildman–Crippen LogP) is 1.46. The Labute approximate surface area is 107 Å². The summed E-state index contributed by atoms with van der Waals surface area (Å²) in [7, 11) is -1.63. The molecule has 5 heteroatoms. The molecule has 2 N–H and O–H groups in total. The zero-order valence-corrected chi connectivity index (χ0v) is 10.3. The zero-order valence-electron chi connectivity index (χ0n) is 10.3. The molecule has 1 aromatic carbocycles. The Morgan fingerprint density at radius 3 is 2.61 bits per heavy atom. The molecule has 0 aliphatic heterocycles. The molecule has 1 saturated carbocycles. The lowest BCUT2D eigenvalue weighted by Gasteiger charge is -2.22. The van der Waals surface area contributed by atoms with Gasteiger partial charge < -0.3 is 14.8 Å². The minimum Gasteiger partial charge on any atom is -0.494 e. The van der Waals surface area contributed by atoms with Gasteiger partial charge in [0.2, 0.25) is 0 Å². The van der Waals surface area contributed by atoms with Gasteiger partial charge in [-0.15, -0.1) is 0 Å². The van der Waals surface area contributed by atoms with Crippen LogP contribution in [0.2, 0.25) is 0 Å². The number of rotatable bonds is 4. The van der Waals surface area contributed by atoms with Crippen LogP contribution in [0.3, 0.4) is 0 Å². The molecule has 0 atom stereocenters. The molecule has 1 fully saturated rings. The van der Waals surface area contributed by atoms with E-state index in [0.717, 1.165) is 12.8 Å². The van der Waals surface area contributed by atoms with Crippen LogP contribution < -0.4 is 10.2 Å². The van der Waals surface area contributed by atoms with Gasteiger partial charge in [0.05, 0.1) is 6.61 Å². The summed E-state index contributed by atoms with van der Waals surface area (Å²) in [5.74, 6) is 0.291. The summed E-state index contributed by atoms with van der Waals surface area (Å²) >= 11 is 0. The van der Waals surface area contributed by atoms with E-state index in [1.54, 1.807) is 0 Å². The van der Waals surface area contributed by atoms with E-state index in [9.17, 15) is 14.4 Å². The monoisotopic (exact) mass is 252 g/mol. The molecule has 0 radical (unpaired) electrons. The molecule has 0 saturated heterocycles. The third-order valence-corrected chi connectivity index (χ3v) is 3.45. The van der Waals surface area contributed by atoms with Crippen molar-refractivity contribution in [1.82, 2.24) is 0 Å². The maximum Gasteiger partial charge on any atom is 0.492 e. The lowest BCUT2D eigenvalue weighted by Crippen LogP contribution is -2.32. The van der Waals surface area contributed by atoms with Gasteiger partial charge in [-0.05, 0) is 24.8 Å². The minimum absolute atomic E-state index is 0.215. The number of hydrogen-bond acceptors (Lipinski definition) is 3. The van der Waals surface area contributed by atoms with Crippen molar-refractivity contribution < 1.29 is 19.2 Å². The Bertz CT molecular complexity index is 392. The average molecular weight is 252 g/mol. The molecular weight excluding hydrogens is 234 g/mol. The molecule has 18 heavy (non-hydrogen) atoms. The third kappa shape index (κ3) is 3.46. The number of ether oxygens (including phenoxy) is 1. The van der Waals surface area contributed by atoms with Gasteiger partial charge in [0, 0.05) is 11.5 Å². The van der Waals surface area contributed by atoms with E-state index >= 15 is 0 Å². The van der Waals surface area contributed by atoms with E-state index in [2.05, 4.69) is 0 Å². The van der Waals surface area contributed by atoms with Gasteiger partial charge in [0.25, 0.3) is 0 Å². The Morgan fingerprint density at radius 1 is 1.22 bits per heavy atom. The highest BCUT2D eigenvalue weighted by Crippen LogP contribution is 2.24. The van der Waals surface area contributed by atoms with Crippen LogP contribution in [-0.2, 0) is 0 Å². The van der Waals surface area contributed by atoms with E-state index in [4.69, 9.17) is 4.74 Å². The fourth-order valence-corrected chi connectivity index (χ4v) is 2.41.